The Bertz CT molecular complexity index is 643. The van der Waals surface area contributed by atoms with Crippen molar-refractivity contribution in [2.45, 2.75) is 39.7 Å². The van der Waals surface area contributed by atoms with E-state index >= 15 is 0 Å². The first-order valence-corrected chi connectivity index (χ1v) is 8.13. The zero-order valence-corrected chi connectivity index (χ0v) is 13.9. The standard InChI is InChI=1S/C17H24N4O2/c1-11-6-7-21(14(9-11)15-5-4-8-23-15)10-16(22)18-17-12(2)19-20-13(17)3/h4-5,8,11,14H,6-7,9-10H2,1-3H3,(H,18,22)(H,19,20)/t11-,14-/m0/s1. The van der Waals surface area contributed by atoms with Gasteiger partial charge in [0.25, 0.3) is 0 Å². The molecule has 124 valence electrons. The van der Waals surface area contributed by atoms with Crippen LogP contribution in [0.1, 0.15) is 43.0 Å². The molecule has 0 aliphatic carbocycles. The Balaban J connectivity index is 1.68. The third kappa shape index (κ3) is 3.47. The topological polar surface area (TPSA) is 74.2 Å². The highest BCUT2D eigenvalue weighted by Crippen LogP contribution is 2.34. The van der Waals surface area contributed by atoms with Crippen LogP contribution in [-0.2, 0) is 4.79 Å². The molecule has 2 aromatic rings. The van der Waals surface area contributed by atoms with E-state index in [0.29, 0.717) is 12.5 Å². The maximum Gasteiger partial charge on any atom is 0.238 e. The van der Waals surface area contributed by atoms with Gasteiger partial charge >= 0.3 is 0 Å². The molecule has 0 bridgehead atoms. The molecule has 3 rings (SSSR count). The summed E-state index contributed by atoms with van der Waals surface area (Å²) >= 11 is 0. The summed E-state index contributed by atoms with van der Waals surface area (Å²) in [6, 6.07) is 4.08. The van der Waals surface area contributed by atoms with Crippen molar-refractivity contribution in [2.75, 3.05) is 18.4 Å². The lowest BCUT2D eigenvalue weighted by Crippen LogP contribution is -2.41. The average molecular weight is 316 g/mol. The molecule has 6 heteroatoms. The highest BCUT2D eigenvalue weighted by Gasteiger charge is 2.30. The molecule has 2 aromatic heterocycles. The SMILES string of the molecule is Cc1n[nH]c(C)c1NC(=O)CN1CC[C@H](C)C[C@H]1c1ccco1. The van der Waals surface area contributed by atoms with Crippen molar-refractivity contribution in [2.24, 2.45) is 5.92 Å². The smallest absolute Gasteiger partial charge is 0.238 e. The number of furan rings is 1. The Kier molecular flexibility index (Phi) is 4.52. The van der Waals surface area contributed by atoms with Crippen LogP contribution in [0.4, 0.5) is 5.69 Å². The van der Waals surface area contributed by atoms with Gasteiger partial charge in [-0.3, -0.25) is 14.8 Å². The van der Waals surface area contributed by atoms with Gasteiger partial charge < -0.3 is 9.73 Å². The van der Waals surface area contributed by atoms with Crippen molar-refractivity contribution in [3.63, 3.8) is 0 Å². The first-order chi connectivity index (χ1) is 11.0. The Labute approximate surface area is 136 Å². The molecule has 0 radical (unpaired) electrons. The van der Waals surface area contributed by atoms with Gasteiger partial charge in [-0.25, -0.2) is 0 Å². The fourth-order valence-corrected chi connectivity index (χ4v) is 3.25. The van der Waals surface area contributed by atoms with Gasteiger partial charge in [0.1, 0.15) is 5.76 Å². The number of H-pyrrole nitrogens is 1. The van der Waals surface area contributed by atoms with Crippen molar-refractivity contribution < 1.29 is 9.21 Å². The maximum atomic E-state index is 12.5. The van der Waals surface area contributed by atoms with Gasteiger partial charge in [0.05, 0.1) is 35.9 Å². The molecular weight excluding hydrogens is 292 g/mol. The molecule has 0 unspecified atom stereocenters. The summed E-state index contributed by atoms with van der Waals surface area (Å²) in [7, 11) is 0. The molecule has 1 saturated heterocycles. The summed E-state index contributed by atoms with van der Waals surface area (Å²) in [6.45, 7) is 7.31. The first kappa shape index (κ1) is 15.8. The number of hydrogen-bond acceptors (Lipinski definition) is 4. The van der Waals surface area contributed by atoms with Crippen LogP contribution in [0.15, 0.2) is 22.8 Å². The van der Waals surface area contributed by atoms with Crippen LogP contribution in [0.5, 0.6) is 0 Å². The lowest BCUT2D eigenvalue weighted by molar-refractivity contribution is -0.118. The van der Waals surface area contributed by atoms with Crippen LogP contribution in [0.25, 0.3) is 0 Å². The van der Waals surface area contributed by atoms with Crippen LogP contribution in [0.3, 0.4) is 0 Å². The second-order valence-electron chi connectivity index (χ2n) is 6.49. The third-order valence-corrected chi connectivity index (χ3v) is 4.59. The van der Waals surface area contributed by atoms with Gasteiger partial charge in [-0.1, -0.05) is 6.92 Å². The minimum Gasteiger partial charge on any atom is -0.468 e. The van der Waals surface area contributed by atoms with Gasteiger partial charge in [-0.2, -0.15) is 5.10 Å². The average Bonchev–Trinajstić information content (AvgIpc) is 3.15. The zero-order chi connectivity index (χ0) is 16.4. The Hall–Kier alpha value is -2.08. The molecular formula is C17H24N4O2. The number of amides is 1. The van der Waals surface area contributed by atoms with Gasteiger partial charge in [-0.05, 0) is 51.3 Å². The molecule has 1 fully saturated rings. The van der Waals surface area contributed by atoms with Crippen molar-refractivity contribution in [1.29, 1.82) is 0 Å². The van der Waals surface area contributed by atoms with Crippen LogP contribution < -0.4 is 5.32 Å². The van der Waals surface area contributed by atoms with E-state index in [1.165, 1.54) is 0 Å². The lowest BCUT2D eigenvalue weighted by atomic mass is 9.91. The highest BCUT2D eigenvalue weighted by molar-refractivity contribution is 5.93. The summed E-state index contributed by atoms with van der Waals surface area (Å²) in [5.74, 6) is 1.58. The summed E-state index contributed by atoms with van der Waals surface area (Å²) in [4.78, 5) is 14.7. The minimum absolute atomic E-state index is 0.0105. The number of nitrogens with zero attached hydrogens (tertiary/aromatic N) is 2. The maximum absolute atomic E-state index is 12.5. The fraction of sp³-hybridized carbons (Fsp3) is 0.529. The minimum atomic E-state index is -0.0105. The van der Waals surface area contributed by atoms with Gasteiger partial charge in [0.15, 0.2) is 0 Å². The van der Waals surface area contributed by atoms with E-state index in [1.54, 1.807) is 6.26 Å². The largest absolute Gasteiger partial charge is 0.468 e. The fourth-order valence-electron chi connectivity index (χ4n) is 3.25. The highest BCUT2D eigenvalue weighted by atomic mass is 16.3. The number of rotatable bonds is 4. The van der Waals surface area contributed by atoms with Crippen molar-refractivity contribution in [3.8, 4) is 0 Å². The first-order valence-electron chi connectivity index (χ1n) is 8.13. The number of carbonyl (C=O) groups excluding carboxylic acids is 1. The molecule has 2 atom stereocenters. The number of piperidine rings is 1. The van der Waals surface area contributed by atoms with E-state index in [1.807, 2.05) is 26.0 Å². The summed E-state index contributed by atoms with van der Waals surface area (Å²) in [5, 5.41) is 9.98. The number of aryl methyl sites for hydroxylation is 2. The lowest BCUT2D eigenvalue weighted by Gasteiger charge is -2.36. The number of anilines is 1. The summed E-state index contributed by atoms with van der Waals surface area (Å²) in [6.07, 6.45) is 3.82. The molecule has 2 N–H and O–H groups in total. The predicted molar refractivity (Wildman–Crippen MR) is 88.1 cm³/mol. The Morgan fingerprint density at radius 2 is 2.35 bits per heavy atom. The number of likely N-dealkylation sites (tertiary alicyclic amines) is 1. The quantitative estimate of drug-likeness (QED) is 0.909. The van der Waals surface area contributed by atoms with Crippen LogP contribution in [0.2, 0.25) is 0 Å². The van der Waals surface area contributed by atoms with Crippen LogP contribution in [0, 0.1) is 19.8 Å². The molecule has 0 spiro atoms. The van der Waals surface area contributed by atoms with Crippen LogP contribution in [-0.4, -0.2) is 34.1 Å². The van der Waals surface area contributed by atoms with Crippen molar-refractivity contribution in [3.05, 3.63) is 35.5 Å². The Morgan fingerprint density at radius 1 is 1.52 bits per heavy atom. The van der Waals surface area contributed by atoms with E-state index in [0.717, 1.165) is 42.2 Å². The molecule has 23 heavy (non-hydrogen) atoms. The molecule has 0 aromatic carbocycles. The van der Waals surface area contributed by atoms with E-state index in [4.69, 9.17) is 4.42 Å². The number of hydrogen-bond donors (Lipinski definition) is 2. The molecule has 1 aliphatic rings. The zero-order valence-electron chi connectivity index (χ0n) is 13.9. The van der Waals surface area contributed by atoms with Crippen LogP contribution >= 0.6 is 0 Å². The van der Waals surface area contributed by atoms with Crippen molar-refractivity contribution >= 4 is 11.6 Å². The third-order valence-electron chi connectivity index (χ3n) is 4.59. The van der Waals surface area contributed by atoms with E-state index in [2.05, 4.69) is 27.3 Å². The molecule has 0 saturated carbocycles. The Morgan fingerprint density at radius 3 is 3.00 bits per heavy atom. The monoisotopic (exact) mass is 316 g/mol. The van der Waals surface area contributed by atoms with Crippen molar-refractivity contribution in [1.82, 2.24) is 15.1 Å². The summed E-state index contributed by atoms with van der Waals surface area (Å²) in [5.41, 5.74) is 2.48. The molecule has 6 nitrogen and oxygen atoms in total. The van der Waals surface area contributed by atoms with E-state index in [9.17, 15) is 4.79 Å². The number of aromatic amines is 1. The number of carbonyl (C=O) groups is 1. The van der Waals surface area contributed by atoms with Gasteiger partial charge in [0.2, 0.25) is 5.91 Å². The van der Waals surface area contributed by atoms with Gasteiger partial charge in [-0.15, -0.1) is 0 Å². The molecule has 1 aliphatic heterocycles. The predicted octanol–water partition coefficient (Wildman–Crippen LogP) is 3.03. The second kappa shape index (κ2) is 6.58. The van der Waals surface area contributed by atoms with Gasteiger partial charge in [0, 0.05) is 0 Å². The van der Waals surface area contributed by atoms with E-state index < -0.39 is 0 Å². The number of aromatic nitrogens is 2. The second-order valence-corrected chi connectivity index (χ2v) is 6.49. The summed E-state index contributed by atoms with van der Waals surface area (Å²) < 4.78 is 5.59. The number of nitrogens with one attached hydrogen (secondary N) is 2. The van der Waals surface area contributed by atoms with E-state index in [-0.39, 0.29) is 11.9 Å². The molecule has 3 heterocycles. The normalized spacial score (nSPS) is 22.2. The molecule has 1 amide bonds.